The molecule has 1 rings (SSSR count). The van der Waals surface area contributed by atoms with Gasteiger partial charge in [0.05, 0.1) is 12.7 Å². The molecule has 4 nitrogen and oxygen atoms in total. The summed E-state index contributed by atoms with van der Waals surface area (Å²) in [5.41, 5.74) is 0.577. The first-order chi connectivity index (χ1) is 8.04. The Morgan fingerprint density at radius 1 is 1.47 bits per heavy atom. The van der Waals surface area contributed by atoms with Gasteiger partial charge in [-0.3, -0.25) is 4.79 Å². The van der Waals surface area contributed by atoms with Gasteiger partial charge in [-0.05, 0) is 23.8 Å². The Bertz CT molecular complexity index is 373. The van der Waals surface area contributed by atoms with Gasteiger partial charge in [0.15, 0.2) is 0 Å². The molecule has 0 aliphatic rings. The second-order valence-corrected chi connectivity index (χ2v) is 4.97. The summed E-state index contributed by atoms with van der Waals surface area (Å²) in [4.78, 5) is 23.3. The van der Waals surface area contributed by atoms with Gasteiger partial charge < -0.3 is 10.1 Å². The van der Waals surface area contributed by atoms with Crippen molar-refractivity contribution in [3.63, 3.8) is 0 Å². The van der Waals surface area contributed by atoms with Crippen molar-refractivity contribution in [1.29, 1.82) is 0 Å². The minimum absolute atomic E-state index is 0.234. The molecule has 0 saturated heterocycles. The van der Waals surface area contributed by atoms with Crippen molar-refractivity contribution in [2.45, 2.75) is 26.3 Å². The number of carbonyl (C=O) groups excluding carboxylic acids is 2. The molecule has 0 spiro atoms. The molecule has 1 aromatic rings. The van der Waals surface area contributed by atoms with Crippen molar-refractivity contribution < 1.29 is 14.3 Å². The Morgan fingerprint density at radius 3 is 2.65 bits per heavy atom. The minimum Gasteiger partial charge on any atom is -0.467 e. The highest BCUT2D eigenvalue weighted by atomic mass is 32.1. The molecule has 0 fully saturated rings. The molecule has 0 aliphatic heterocycles. The van der Waals surface area contributed by atoms with Crippen LogP contribution in [-0.4, -0.2) is 25.0 Å². The van der Waals surface area contributed by atoms with Crippen LogP contribution in [0.4, 0.5) is 0 Å². The molecule has 0 saturated carbocycles. The lowest BCUT2D eigenvalue weighted by Crippen LogP contribution is -2.42. The first kappa shape index (κ1) is 13.7. The van der Waals surface area contributed by atoms with Gasteiger partial charge in [0, 0.05) is 5.38 Å². The Balaban J connectivity index is 2.66. The average Bonchev–Trinajstić information content (AvgIpc) is 2.79. The maximum absolute atomic E-state index is 11.8. The van der Waals surface area contributed by atoms with E-state index >= 15 is 0 Å². The zero-order chi connectivity index (χ0) is 12.8. The van der Waals surface area contributed by atoms with E-state index in [4.69, 9.17) is 0 Å². The monoisotopic (exact) mass is 255 g/mol. The maximum atomic E-state index is 11.8. The average molecular weight is 255 g/mol. The van der Waals surface area contributed by atoms with Gasteiger partial charge in [-0.1, -0.05) is 13.8 Å². The van der Waals surface area contributed by atoms with E-state index in [1.54, 1.807) is 11.4 Å². The summed E-state index contributed by atoms with van der Waals surface area (Å²) in [6.07, 6.45) is 0.572. The number of hydrogen-bond acceptors (Lipinski definition) is 4. The van der Waals surface area contributed by atoms with Crippen LogP contribution in [-0.2, 0) is 9.53 Å². The van der Waals surface area contributed by atoms with Gasteiger partial charge in [-0.15, -0.1) is 0 Å². The van der Waals surface area contributed by atoms with E-state index in [9.17, 15) is 9.59 Å². The quantitative estimate of drug-likeness (QED) is 0.819. The van der Waals surface area contributed by atoms with Crippen molar-refractivity contribution >= 4 is 23.2 Å². The molecular formula is C12H17NO3S. The summed E-state index contributed by atoms with van der Waals surface area (Å²) in [6.45, 7) is 3.99. The summed E-state index contributed by atoms with van der Waals surface area (Å²) in [5, 5.41) is 6.27. The van der Waals surface area contributed by atoms with Crippen molar-refractivity contribution in [3.8, 4) is 0 Å². The Kier molecular flexibility index (Phi) is 5.15. The third-order valence-electron chi connectivity index (χ3n) is 2.28. The first-order valence-electron chi connectivity index (χ1n) is 5.45. The largest absolute Gasteiger partial charge is 0.467 e. The molecule has 1 amide bonds. The van der Waals surface area contributed by atoms with Crippen LogP contribution in [0.3, 0.4) is 0 Å². The van der Waals surface area contributed by atoms with Crippen molar-refractivity contribution in [2.75, 3.05) is 7.11 Å². The third kappa shape index (κ3) is 4.19. The normalized spacial score (nSPS) is 12.2. The summed E-state index contributed by atoms with van der Waals surface area (Å²) in [6, 6.07) is 1.15. The van der Waals surface area contributed by atoms with E-state index < -0.39 is 12.0 Å². The van der Waals surface area contributed by atoms with Gasteiger partial charge in [0.25, 0.3) is 5.91 Å². The van der Waals surface area contributed by atoms with Crippen LogP contribution in [0, 0.1) is 5.92 Å². The zero-order valence-corrected chi connectivity index (χ0v) is 11.0. The summed E-state index contributed by atoms with van der Waals surface area (Å²) < 4.78 is 4.68. The lowest BCUT2D eigenvalue weighted by molar-refractivity contribution is -0.143. The second kappa shape index (κ2) is 6.39. The topological polar surface area (TPSA) is 55.4 Å². The van der Waals surface area contributed by atoms with Crippen LogP contribution in [0.1, 0.15) is 30.6 Å². The molecule has 5 heteroatoms. The SMILES string of the molecule is COC(=O)[C@H](CC(C)C)NC(=O)c1ccsc1. The number of ether oxygens (including phenoxy) is 1. The molecule has 0 radical (unpaired) electrons. The standard InChI is InChI=1S/C12H17NO3S/c1-8(2)6-10(12(15)16-3)13-11(14)9-4-5-17-7-9/h4-5,7-8,10H,6H2,1-3H3,(H,13,14)/t10-/m0/s1. The van der Waals surface area contributed by atoms with Gasteiger partial charge in [-0.2, -0.15) is 11.3 Å². The van der Waals surface area contributed by atoms with E-state index in [0.29, 0.717) is 17.9 Å². The van der Waals surface area contributed by atoms with E-state index in [1.165, 1.54) is 18.4 Å². The number of thiophene rings is 1. The van der Waals surface area contributed by atoms with Crippen LogP contribution >= 0.6 is 11.3 Å². The number of rotatable bonds is 5. The molecule has 17 heavy (non-hydrogen) atoms. The van der Waals surface area contributed by atoms with Gasteiger partial charge in [-0.25, -0.2) is 4.79 Å². The number of esters is 1. The smallest absolute Gasteiger partial charge is 0.328 e. The molecule has 1 heterocycles. The highest BCUT2D eigenvalue weighted by molar-refractivity contribution is 7.08. The molecule has 1 aromatic heterocycles. The fourth-order valence-corrected chi connectivity index (χ4v) is 2.10. The number of amides is 1. The molecular weight excluding hydrogens is 238 g/mol. The molecule has 1 N–H and O–H groups in total. The highest BCUT2D eigenvalue weighted by Gasteiger charge is 2.23. The molecule has 94 valence electrons. The van der Waals surface area contributed by atoms with Gasteiger partial charge in [0.2, 0.25) is 0 Å². The molecule has 0 unspecified atom stereocenters. The van der Waals surface area contributed by atoms with E-state index in [2.05, 4.69) is 10.1 Å². The predicted octanol–water partition coefficient (Wildman–Crippen LogP) is 2.07. The van der Waals surface area contributed by atoms with Crippen molar-refractivity contribution in [2.24, 2.45) is 5.92 Å². The number of methoxy groups -OCH3 is 1. The third-order valence-corrected chi connectivity index (χ3v) is 2.96. The molecule has 1 atom stereocenters. The van der Waals surface area contributed by atoms with Crippen LogP contribution in [0.2, 0.25) is 0 Å². The lowest BCUT2D eigenvalue weighted by atomic mass is 10.0. The van der Waals surface area contributed by atoms with E-state index in [0.717, 1.165) is 0 Å². The van der Waals surface area contributed by atoms with Gasteiger partial charge in [0.1, 0.15) is 6.04 Å². The predicted molar refractivity (Wildman–Crippen MR) is 67.0 cm³/mol. The second-order valence-electron chi connectivity index (χ2n) is 4.19. The van der Waals surface area contributed by atoms with Crippen LogP contribution in [0.5, 0.6) is 0 Å². The Labute approximate surface area is 105 Å². The molecule has 0 aliphatic carbocycles. The maximum Gasteiger partial charge on any atom is 0.328 e. The number of nitrogens with one attached hydrogen (secondary N) is 1. The fraction of sp³-hybridized carbons (Fsp3) is 0.500. The zero-order valence-electron chi connectivity index (χ0n) is 10.2. The summed E-state index contributed by atoms with van der Waals surface area (Å²) in [5.74, 6) is -0.327. The summed E-state index contributed by atoms with van der Waals surface area (Å²) >= 11 is 1.45. The molecule has 0 bridgehead atoms. The van der Waals surface area contributed by atoms with E-state index in [1.807, 2.05) is 19.2 Å². The minimum atomic E-state index is -0.576. The van der Waals surface area contributed by atoms with Crippen molar-refractivity contribution in [3.05, 3.63) is 22.4 Å². The highest BCUT2D eigenvalue weighted by Crippen LogP contribution is 2.09. The fourth-order valence-electron chi connectivity index (χ4n) is 1.46. The Morgan fingerprint density at radius 2 is 2.18 bits per heavy atom. The van der Waals surface area contributed by atoms with Crippen LogP contribution in [0.25, 0.3) is 0 Å². The number of carbonyl (C=O) groups is 2. The van der Waals surface area contributed by atoms with Crippen molar-refractivity contribution in [1.82, 2.24) is 5.32 Å². The Hall–Kier alpha value is -1.36. The van der Waals surface area contributed by atoms with E-state index in [-0.39, 0.29) is 5.91 Å². The van der Waals surface area contributed by atoms with Crippen LogP contribution < -0.4 is 5.32 Å². The molecule has 0 aromatic carbocycles. The first-order valence-corrected chi connectivity index (χ1v) is 6.39. The number of hydrogen-bond donors (Lipinski definition) is 1. The van der Waals surface area contributed by atoms with Gasteiger partial charge >= 0.3 is 5.97 Å². The van der Waals surface area contributed by atoms with Crippen LogP contribution in [0.15, 0.2) is 16.8 Å². The summed E-state index contributed by atoms with van der Waals surface area (Å²) in [7, 11) is 1.33. The lowest BCUT2D eigenvalue weighted by Gasteiger charge is -2.17.